The lowest BCUT2D eigenvalue weighted by Gasteiger charge is -2.22. The largest absolute Gasteiger partial charge is 0.469 e. The zero-order valence-electron chi connectivity index (χ0n) is 8.53. The summed E-state index contributed by atoms with van der Waals surface area (Å²) in [5.41, 5.74) is 0.847. The average molecular weight is 199 g/mol. The molecule has 0 radical (unpaired) electrons. The van der Waals surface area contributed by atoms with Crippen LogP contribution in [0.1, 0.15) is 38.5 Å². The molecule has 1 N–H and O–H groups in total. The Hall–Kier alpha value is -1.06. The molecule has 1 aliphatic rings. The summed E-state index contributed by atoms with van der Waals surface area (Å²) in [6.07, 6.45) is 5.30. The number of hydrogen-bond acceptors (Lipinski definition) is 4. The number of methoxy groups -OCH3 is 1. The smallest absolute Gasteiger partial charge is 0.305 e. The van der Waals surface area contributed by atoms with Gasteiger partial charge >= 0.3 is 5.97 Å². The average Bonchev–Trinajstić information content (AvgIpc) is 2.26. The molecular formula is C10H17NO3. The lowest BCUT2D eigenvalue weighted by Crippen LogP contribution is -2.20. The number of hydrogen-bond donors (Lipinski definition) is 1. The van der Waals surface area contributed by atoms with Crippen molar-refractivity contribution in [1.29, 1.82) is 0 Å². The molecule has 1 aliphatic carbocycles. The molecule has 0 spiro atoms. The van der Waals surface area contributed by atoms with Crippen molar-refractivity contribution in [3.05, 3.63) is 0 Å². The first-order valence-corrected chi connectivity index (χ1v) is 5.05. The number of carbonyl (C=O) groups is 1. The molecule has 1 saturated carbocycles. The van der Waals surface area contributed by atoms with Crippen molar-refractivity contribution in [3.8, 4) is 0 Å². The number of esters is 1. The highest BCUT2D eigenvalue weighted by Gasteiger charge is 2.21. The molecule has 1 fully saturated rings. The van der Waals surface area contributed by atoms with Crippen LogP contribution in [0.3, 0.4) is 0 Å². The minimum atomic E-state index is -0.187. The first kappa shape index (κ1) is 11.0. The van der Waals surface area contributed by atoms with Crippen LogP contribution in [-0.4, -0.2) is 24.0 Å². The van der Waals surface area contributed by atoms with Gasteiger partial charge in [-0.1, -0.05) is 11.6 Å². The van der Waals surface area contributed by atoms with E-state index in [1.165, 1.54) is 7.11 Å². The molecule has 0 amide bonds. The molecule has 0 bridgehead atoms. The van der Waals surface area contributed by atoms with E-state index in [9.17, 15) is 4.79 Å². The highest BCUT2D eigenvalue weighted by atomic mass is 16.5. The Kier molecular flexibility index (Phi) is 4.43. The molecule has 0 aromatic heterocycles. The minimum absolute atomic E-state index is 0.187. The maximum atomic E-state index is 10.9. The molecule has 0 saturated heterocycles. The van der Waals surface area contributed by atoms with Crippen LogP contribution in [0.15, 0.2) is 5.16 Å². The normalized spacial score (nSPS) is 24.9. The fourth-order valence-corrected chi connectivity index (χ4v) is 1.90. The van der Waals surface area contributed by atoms with Gasteiger partial charge in [0.1, 0.15) is 0 Å². The Labute approximate surface area is 83.9 Å². The van der Waals surface area contributed by atoms with Gasteiger partial charge < -0.3 is 9.94 Å². The number of oxime groups is 1. The van der Waals surface area contributed by atoms with Crippen LogP contribution in [0.5, 0.6) is 0 Å². The Morgan fingerprint density at radius 1 is 1.64 bits per heavy atom. The molecule has 80 valence electrons. The standard InChI is InChI=1S/C10H17NO3/c1-14-10(12)7-6-8-4-2-3-5-9(8)11-13/h8,13H,2-7H2,1H3/b11-9+/t8-/m0/s1. The molecule has 0 unspecified atom stereocenters. The molecule has 0 aromatic rings. The van der Waals surface area contributed by atoms with Gasteiger partial charge in [-0.2, -0.15) is 0 Å². The molecule has 4 nitrogen and oxygen atoms in total. The molecule has 0 aliphatic heterocycles. The van der Waals surface area contributed by atoms with E-state index >= 15 is 0 Å². The van der Waals surface area contributed by atoms with E-state index < -0.39 is 0 Å². The Morgan fingerprint density at radius 3 is 3.07 bits per heavy atom. The summed E-state index contributed by atoms with van der Waals surface area (Å²) in [6, 6.07) is 0. The van der Waals surface area contributed by atoms with Crippen molar-refractivity contribution in [2.75, 3.05) is 7.11 Å². The summed E-state index contributed by atoms with van der Waals surface area (Å²) in [5.74, 6) is 0.0840. The summed E-state index contributed by atoms with van der Waals surface area (Å²) < 4.78 is 4.57. The zero-order chi connectivity index (χ0) is 10.4. The number of rotatable bonds is 3. The monoisotopic (exact) mass is 199 g/mol. The van der Waals surface area contributed by atoms with E-state index in [4.69, 9.17) is 5.21 Å². The highest BCUT2D eigenvalue weighted by molar-refractivity contribution is 5.87. The van der Waals surface area contributed by atoms with Crippen molar-refractivity contribution in [2.24, 2.45) is 11.1 Å². The SMILES string of the molecule is COC(=O)CC[C@@H]1CCCC/C1=N\O. The van der Waals surface area contributed by atoms with Crippen LogP contribution in [-0.2, 0) is 9.53 Å². The predicted molar refractivity (Wildman–Crippen MR) is 52.4 cm³/mol. The van der Waals surface area contributed by atoms with Gasteiger partial charge in [0, 0.05) is 12.3 Å². The third kappa shape index (κ3) is 3.01. The maximum absolute atomic E-state index is 10.9. The molecule has 0 aromatic carbocycles. The van der Waals surface area contributed by atoms with E-state index in [1.807, 2.05) is 0 Å². The van der Waals surface area contributed by atoms with Crippen LogP contribution in [0.4, 0.5) is 0 Å². The van der Waals surface area contributed by atoms with Crippen molar-refractivity contribution >= 4 is 11.7 Å². The summed E-state index contributed by atoms with van der Waals surface area (Å²) in [7, 11) is 1.39. The first-order chi connectivity index (χ1) is 6.77. The summed E-state index contributed by atoms with van der Waals surface area (Å²) >= 11 is 0. The van der Waals surface area contributed by atoms with E-state index in [1.54, 1.807) is 0 Å². The molecular weight excluding hydrogens is 182 g/mol. The second kappa shape index (κ2) is 5.62. The van der Waals surface area contributed by atoms with Gasteiger partial charge in [0.25, 0.3) is 0 Å². The summed E-state index contributed by atoms with van der Waals surface area (Å²) in [4.78, 5) is 10.9. The third-order valence-electron chi connectivity index (χ3n) is 2.76. The van der Waals surface area contributed by atoms with Crippen molar-refractivity contribution < 1.29 is 14.7 Å². The molecule has 4 heteroatoms. The van der Waals surface area contributed by atoms with Gasteiger partial charge in [-0.15, -0.1) is 0 Å². The number of nitrogens with zero attached hydrogens (tertiary/aromatic N) is 1. The highest BCUT2D eigenvalue weighted by Crippen LogP contribution is 2.25. The number of carbonyl (C=O) groups excluding carboxylic acids is 1. The predicted octanol–water partition coefficient (Wildman–Crippen LogP) is 1.96. The topological polar surface area (TPSA) is 58.9 Å². The number of ether oxygens (including phenoxy) is 1. The fourth-order valence-electron chi connectivity index (χ4n) is 1.90. The van der Waals surface area contributed by atoms with E-state index in [0.29, 0.717) is 6.42 Å². The van der Waals surface area contributed by atoms with Crippen molar-refractivity contribution in [2.45, 2.75) is 38.5 Å². The maximum Gasteiger partial charge on any atom is 0.305 e. The Balaban J connectivity index is 2.37. The first-order valence-electron chi connectivity index (χ1n) is 5.05. The fraction of sp³-hybridized carbons (Fsp3) is 0.800. The van der Waals surface area contributed by atoms with Gasteiger partial charge in [0.15, 0.2) is 0 Å². The van der Waals surface area contributed by atoms with Gasteiger partial charge in [0.05, 0.1) is 12.8 Å². The molecule has 1 rings (SSSR count). The second-order valence-electron chi connectivity index (χ2n) is 3.65. The van der Waals surface area contributed by atoms with Gasteiger partial charge in [-0.3, -0.25) is 4.79 Å². The Morgan fingerprint density at radius 2 is 2.43 bits per heavy atom. The van der Waals surface area contributed by atoms with Crippen LogP contribution in [0, 0.1) is 5.92 Å². The van der Waals surface area contributed by atoms with Crippen LogP contribution in [0.2, 0.25) is 0 Å². The van der Waals surface area contributed by atoms with Gasteiger partial charge in [-0.25, -0.2) is 0 Å². The van der Waals surface area contributed by atoms with Crippen molar-refractivity contribution in [1.82, 2.24) is 0 Å². The second-order valence-corrected chi connectivity index (χ2v) is 3.65. The van der Waals surface area contributed by atoms with E-state index in [-0.39, 0.29) is 11.9 Å². The molecule has 1 atom stereocenters. The van der Waals surface area contributed by atoms with Crippen LogP contribution < -0.4 is 0 Å². The lowest BCUT2D eigenvalue weighted by molar-refractivity contribution is -0.140. The third-order valence-corrected chi connectivity index (χ3v) is 2.76. The Bertz CT molecular complexity index is 225. The zero-order valence-corrected chi connectivity index (χ0v) is 8.53. The molecule has 14 heavy (non-hydrogen) atoms. The molecule has 0 heterocycles. The quantitative estimate of drug-likeness (QED) is 0.429. The summed E-state index contributed by atoms with van der Waals surface area (Å²) in [6.45, 7) is 0. The van der Waals surface area contributed by atoms with Crippen LogP contribution >= 0.6 is 0 Å². The van der Waals surface area contributed by atoms with Gasteiger partial charge in [-0.05, 0) is 25.7 Å². The van der Waals surface area contributed by atoms with Crippen molar-refractivity contribution in [3.63, 3.8) is 0 Å². The van der Waals surface area contributed by atoms with Crippen LogP contribution in [0.25, 0.3) is 0 Å². The summed E-state index contributed by atoms with van der Waals surface area (Å²) in [5, 5.41) is 12.1. The van der Waals surface area contributed by atoms with E-state index in [2.05, 4.69) is 9.89 Å². The van der Waals surface area contributed by atoms with E-state index in [0.717, 1.165) is 37.8 Å². The lowest BCUT2D eigenvalue weighted by atomic mass is 9.84. The van der Waals surface area contributed by atoms with Gasteiger partial charge in [0.2, 0.25) is 0 Å². The minimum Gasteiger partial charge on any atom is -0.469 e.